The maximum Gasteiger partial charge on any atom is 0.319 e. The predicted octanol–water partition coefficient (Wildman–Crippen LogP) is 2.22. The van der Waals surface area contributed by atoms with Gasteiger partial charge in [-0.25, -0.2) is 22.3 Å². The summed E-state index contributed by atoms with van der Waals surface area (Å²) < 4.78 is 46.5. The first-order valence-electron chi connectivity index (χ1n) is 10.0. The minimum absolute atomic E-state index is 0.0616. The molecule has 31 heavy (non-hydrogen) atoms. The number of aliphatic hydroxyl groups is 1. The molecule has 0 aliphatic carbocycles. The number of ether oxygens (including phenoxy) is 1. The number of sulfonamides is 1. The standard InChI is InChI=1S/C21H26FN3O5S/c22-17-8-4-5-9-20(17)31(28,29)23-13-12-16-10-11-18(19(14-26)30-16)25-21(27)24-15-6-2-1-3-7-15/h1-9,16,18-19,23,26H,10-14H2,(H2,24,25,27)/t16-,18-,19+/m0/s1. The van der Waals surface area contributed by atoms with Crippen LogP contribution < -0.4 is 15.4 Å². The quantitative estimate of drug-likeness (QED) is 0.491. The van der Waals surface area contributed by atoms with Gasteiger partial charge in [0.1, 0.15) is 16.8 Å². The number of hydrogen-bond acceptors (Lipinski definition) is 5. The van der Waals surface area contributed by atoms with Crippen LogP contribution in [0.5, 0.6) is 0 Å². The number of carbonyl (C=O) groups is 1. The molecule has 1 aliphatic heterocycles. The van der Waals surface area contributed by atoms with Crippen molar-refractivity contribution in [1.29, 1.82) is 0 Å². The van der Waals surface area contributed by atoms with Crippen LogP contribution >= 0.6 is 0 Å². The highest BCUT2D eigenvalue weighted by atomic mass is 32.2. The van der Waals surface area contributed by atoms with Gasteiger partial charge >= 0.3 is 6.03 Å². The van der Waals surface area contributed by atoms with Gasteiger partial charge in [0.15, 0.2) is 0 Å². The Labute approximate surface area is 180 Å². The molecule has 0 spiro atoms. The number of benzene rings is 2. The minimum atomic E-state index is -3.96. The van der Waals surface area contributed by atoms with Gasteiger partial charge in [-0.2, -0.15) is 0 Å². The minimum Gasteiger partial charge on any atom is -0.394 e. The number of amides is 2. The molecule has 2 aromatic carbocycles. The molecular weight excluding hydrogens is 425 g/mol. The highest BCUT2D eigenvalue weighted by Crippen LogP contribution is 2.22. The highest BCUT2D eigenvalue weighted by Gasteiger charge is 2.32. The number of aliphatic hydroxyl groups excluding tert-OH is 1. The van der Waals surface area contributed by atoms with E-state index in [4.69, 9.17) is 4.74 Å². The molecule has 10 heteroatoms. The monoisotopic (exact) mass is 451 g/mol. The third-order valence-electron chi connectivity index (χ3n) is 5.03. The van der Waals surface area contributed by atoms with Gasteiger partial charge < -0.3 is 20.5 Å². The summed E-state index contributed by atoms with van der Waals surface area (Å²) in [7, 11) is -3.96. The topological polar surface area (TPSA) is 117 Å². The van der Waals surface area contributed by atoms with E-state index in [0.717, 1.165) is 6.07 Å². The van der Waals surface area contributed by atoms with Crippen molar-refractivity contribution < 1.29 is 27.4 Å². The van der Waals surface area contributed by atoms with Crippen LogP contribution in [0.2, 0.25) is 0 Å². The Bertz CT molecular complexity index is 974. The molecule has 0 saturated carbocycles. The summed E-state index contributed by atoms with van der Waals surface area (Å²) in [5.74, 6) is -0.813. The van der Waals surface area contributed by atoms with Crippen molar-refractivity contribution in [2.24, 2.45) is 0 Å². The van der Waals surface area contributed by atoms with Crippen LogP contribution in [-0.4, -0.2) is 51.0 Å². The van der Waals surface area contributed by atoms with Crippen LogP contribution in [0.1, 0.15) is 19.3 Å². The lowest BCUT2D eigenvalue weighted by molar-refractivity contribution is -0.0884. The lowest BCUT2D eigenvalue weighted by Crippen LogP contribution is -2.52. The molecule has 3 rings (SSSR count). The molecule has 1 aliphatic rings. The largest absolute Gasteiger partial charge is 0.394 e. The van der Waals surface area contributed by atoms with Crippen molar-refractivity contribution in [3.05, 3.63) is 60.4 Å². The van der Waals surface area contributed by atoms with Gasteiger partial charge in [-0.15, -0.1) is 0 Å². The molecule has 2 amide bonds. The van der Waals surface area contributed by atoms with E-state index in [-0.39, 0.29) is 25.3 Å². The summed E-state index contributed by atoms with van der Waals surface area (Å²) in [6, 6.07) is 13.4. The molecule has 4 N–H and O–H groups in total. The number of carbonyl (C=O) groups excluding carboxylic acids is 1. The van der Waals surface area contributed by atoms with E-state index in [2.05, 4.69) is 15.4 Å². The van der Waals surface area contributed by atoms with Gasteiger partial charge in [0, 0.05) is 12.2 Å². The molecule has 1 heterocycles. The van der Waals surface area contributed by atoms with Crippen molar-refractivity contribution >= 4 is 21.7 Å². The maximum atomic E-state index is 13.7. The first-order valence-corrected chi connectivity index (χ1v) is 11.5. The Hall–Kier alpha value is -2.53. The smallest absolute Gasteiger partial charge is 0.319 e. The summed E-state index contributed by atoms with van der Waals surface area (Å²) in [6.07, 6.45) is 0.596. The van der Waals surface area contributed by atoms with Crippen LogP contribution in [0, 0.1) is 5.82 Å². The van der Waals surface area contributed by atoms with Crippen LogP contribution in [0.15, 0.2) is 59.5 Å². The van der Waals surface area contributed by atoms with Crippen molar-refractivity contribution in [3.8, 4) is 0 Å². The molecular formula is C21H26FN3O5S. The Balaban J connectivity index is 1.47. The Morgan fingerprint density at radius 3 is 2.52 bits per heavy atom. The van der Waals surface area contributed by atoms with Crippen molar-refractivity contribution in [2.75, 3.05) is 18.5 Å². The Kier molecular flexibility index (Phi) is 7.97. The normalized spacial score (nSPS) is 21.4. The molecule has 1 fully saturated rings. The SMILES string of the molecule is O=C(Nc1ccccc1)N[C@H]1CC[C@@H](CCNS(=O)(=O)c2ccccc2F)O[C@@H]1CO. The van der Waals surface area contributed by atoms with Gasteiger partial charge in [-0.3, -0.25) is 0 Å². The van der Waals surface area contributed by atoms with Gasteiger partial charge in [0.05, 0.1) is 18.8 Å². The van der Waals surface area contributed by atoms with E-state index in [1.165, 1.54) is 18.2 Å². The van der Waals surface area contributed by atoms with E-state index in [9.17, 15) is 22.7 Å². The van der Waals surface area contributed by atoms with Crippen LogP contribution in [0.3, 0.4) is 0 Å². The number of halogens is 1. The number of nitrogens with one attached hydrogen (secondary N) is 3. The first-order chi connectivity index (χ1) is 14.9. The first kappa shape index (κ1) is 23.1. The second-order valence-electron chi connectivity index (χ2n) is 7.24. The average molecular weight is 452 g/mol. The zero-order valence-corrected chi connectivity index (χ0v) is 17.6. The summed E-state index contributed by atoms with van der Waals surface area (Å²) >= 11 is 0. The molecule has 0 unspecified atom stereocenters. The second kappa shape index (κ2) is 10.7. The van der Waals surface area contributed by atoms with Gasteiger partial charge in [0.25, 0.3) is 0 Å². The number of rotatable bonds is 8. The fourth-order valence-corrected chi connectivity index (χ4v) is 4.59. The van der Waals surface area contributed by atoms with E-state index >= 15 is 0 Å². The van der Waals surface area contributed by atoms with Crippen molar-refractivity contribution in [2.45, 2.75) is 42.4 Å². The van der Waals surface area contributed by atoms with Gasteiger partial charge in [-0.1, -0.05) is 30.3 Å². The summed E-state index contributed by atoms with van der Waals surface area (Å²) in [5.41, 5.74) is 0.650. The number of hydrogen-bond donors (Lipinski definition) is 4. The van der Waals surface area contributed by atoms with Crippen molar-refractivity contribution in [3.63, 3.8) is 0 Å². The fraction of sp³-hybridized carbons (Fsp3) is 0.381. The van der Waals surface area contributed by atoms with Gasteiger partial charge in [-0.05, 0) is 43.5 Å². The third kappa shape index (κ3) is 6.47. The fourth-order valence-electron chi connectivity index (χ4n) is 3.46. The molecule has 0 aromatic heterocycles. The van der Waals surface area contributed by atoms with Crippen LogP contribution in [0.25, 0.3) is 0 Å². The van der Waals surface area contributed by atoms with Crippen molar-refractivity contribution in [1.82, 2.24) is 10.0 Å². The summed E-state index contributed by atoms with van der Waals surface area (Å²) in [6.45, 7) is -0.222. The predicted molar refractivity (Wildman–Crippen MR) is 114 cm³/mol. The van der Waals surface area contributed by atoms with Crippen LogP contribution in [0.4, 0.5) is 14.9 Å². The Morgan fingerprint density at radius 1 is 1.10 bits per heavy atom. The molecule has 1 saturated heterocycles. The number of para-hydroxylation sites is 1. The van der Waals surface area contributed by atoms with E-state index in [1.54, 1.807) is 24.3 Å². The lowest BCUT2D eigenvalue weighted by Gasteiger charge is -2.36. The third-order valence-corrected chi connectivity index (χ3v) is 6.52. The second-order valence-corrected chi connectivity index (χ2v) is 8.98. The Morgan fingerprint density at radius 2 is 1.81 bits per heavy atom. The molecule has 0 radical (unpaired) electrons. The van der Waals surface area contributed by atoms with E-state index in [1.807, 2.05) is 6.07 Å². The number of urea groups is 1. The molecule has 2 aromatic rings. The number of anilines is 1. The molecule has 8 nitrogen and oxygen atoms in total. The molecule has 0 bridgehead atoms. The zero-order valence-electron chi connectivity index (χ0n) is 16.8. The van der Waals surface area contributed by atoms with Crippen LogP contribution in [-0.2, 0) is 14.8 Å². The molecule has 3 atom stereocenters. The highest BCUT2D eigenvalue weighted by molar-refractivity contribution is 7.89. The lowest BCUT2D eigenvalue weighted by atomic mass is 9.97. The summed E-state index contributed by atoms with van der Waals surface area (Å²) in [5, 5.41) is 15.2. The average Bonchev–Trinajstić information content (AvgIpc) is 2.75. The van der Waals surface area contributed by atoms with E-state index in [0.29, 0.717) is 24.9 Å². The van der Waals surface area contributed by atoms with E-state index < -0.39 is 32.9 Å². The molecule has 168 valence electrons. The summed E-state index contributed by atoms with van der Waals surface area (Å²) in [4.78, 5) is 11.8. The zero-order chi connectivity index (χ0) is 22.3. The van der Waals surface area contributed by atoms with Gasteiger partial charge in [0.2, 0.25) is 10.0 Å². The maximum absolute atomic E-state index is 13.7.